The maximum absolute atomic E-state index is 14.3. The number of likely N-dealkylation sites (tertiary alicyclic amines) is 1. The van der Waals surface area contributed by atoms with E-state index in [1.165, 1.54) is 26.9 Å². The molecule has 12 heteroatoms. The Bertz CT molecular complexity index is 1310. The van der Waals surface area contributed by atoms with Crippen molar-refractivity contribution in [3.8, 4) is 23.2 Å². The predicted molar refractivity (Wildman–Crippen MR) is 114 cm³/mol. The van der Waals surface area contributed by atoms with Crippen LogP contribution in [-0.2, 0) is 7.05 Å². The summed E-state index contributed by atoms with van der Waals surface area (Å²) < 4.78 is 35.3. The summed E-state index contributed by atoms with van der Waals surface area (Å²) in [5.74, 6) is -1.35. The molecule has 1 atom stereocenters. The van der Waals surface area contributed by atoms with Crippen LogP contribution in [0, 0.1) is 23.0 Å². The highest BCUT2D eigenvalue weighted by molar-refractivity contribution is 5.79. The largest absolute Gasteiger partial charge is 0.483 e. The molecular formula is C22H18F2N8O2. The molecule has 0 unspecified atom stereocenters. The van der Waals surface area contributed by atoms with Crippen LogP contribution < -0.4 is 4.74 Å². The summed E-state index contributed by atoms with van der Waals surface area (Å²) in [6, 6.07) is 4.35. The van der Waals surface area contributed by atoms with Gasteiger partial charge in [-0.25, -0.2) is 18.6 Å². The number of hydrogen-bond acceptors (Lipinski definition) is 7. The average Bonchev–Trinajstić information content (AvgIpc) is 3.43. The smallest absolute Gasteiger partial charge is 0.341 e. The summed E-state index contributed by atoms with van der Waals surface area (Å²) in [4.78, 5) is 22.5. The van der Waals surface area contributed by atoms with Crippen LogP contribution in [0.25, 0.3) is 11.4 Å². The Hall–Kier alpha value is -4.40. The number of ether oxygens (including phenoxy) is 1. The lowest BCUT2D eigenvalue weighted by Gasteiger charge is -2.41. The molecule has 10 nitrogen and oxygen atoms in total. The summed E-state index contributed by atoms with van der Waals surface area (Å²) in [5.41, 5.74) is 1.41. The fourth-order valence-corrected chi connectivity index (χ4v) is 3.91. The number of halogens is 2. The molecule has 2 amide bonds. The fraction of sp³-hybridized carbons (Fsp3) is 0.273. The van der Waals surface area contributed by atoms with Crippen molar-refractivity contribution in [2.45, 2.75) is 18.6 Å². The van der Waals surface area contributed by atoms with Gasteiger partial charge in [0.05, 0.1) is 42.8 Å². The van der Waals surface area contributed by atoms with Crippen molar-refractivity contribution in [2.75, 3.05) is 13.1 Å². The quantitative estimate of drug-likeness (QED) is 0.587. The third kappa shape index (κ3) is 3.81. The Balaban J connectivity index is 1.25. The molecule has 5 heterocycles. The Kier molecular flexibility index (Phi) is 5.37. The minimum Gasteiger partial charge on any atom is -0.483 e. The number of hydrazone groups is 1. The predicted octanol–water partition coefficient (Wildman–Crippen LogP) is 2.64. The first-order valence-electron chi connectivity index (χ1n) is 10.4. The topological polar surface area (TPSA) is 113 Å². The molecule has 0 aromatic carbocycles. The van der Waals surface area contributed by atoms with Gasteiger partial charge in [0, 0.05) is 38.1 Å². The van der Waals surface area contributed by atoms with Gasteiger partial charge in [-0.2, -0.15) is 15.5 Å². The van der Waals surface area contributed by atoms with Crippen LogP contribution in [0.1, 0.15) is 23.6 Å². The number of aryl methyl sites for hydroxylation is 1. The van der Waals surface area contributed by atoms with Crippen molar-refractivity contribution >= 4 is 12.2 Å². The number of pyridine rings is 2. The summed E-state index contributed by atoms with van der Waals surface area (Å²) in [6.07, 6.45) is 6.78. The second-order valence-electron chi connectivity index (χ2n) is 7.90. The summed E-state index contributed by atoms with van der Waals surface area (Å²) in [7, 11) is 1.56. The number of aromatic nitrogens is 4. The van der Waals surface area contributed by atoms with E-state index in [0.717, 1.165) is 12.4 Å². The molecule has 2 aliphatic heterocycles. The van der Waals surface area contributed by atoms with Crippen molar-refractivity contribution in [3.05, 3.63) is 59.7 Å². The zero-order valence-electron chi connectivity index (χ0n) is 18.0. The normalized spacial score (nSPS) is 17.5. The third-order valence-corrected chi connectivity index (χ3v) is 5.67. The van der Waals surface area contributed by atoms with Gasteiger partial charge in [0.25, 0.3) is 0 Å². The van der Waals surface area contributed by atoms with Crippen molar-refractivity contribution in [2.24, 2.45) is 12.1 Å². The zero-order chi connectivity index (χ0) is 23.8. The van der Waals surface area contributed by atoms with E-state index in [9.17, 15) is 13.6 Å². The number of carbonyl (C=O) groups is 1. The van der Waals surface area contributed by atoms with Crippen molar-refractivity contribution in [1.82, 2.24) is 29.7 Å². The highest BCUT2D eigenvalue weighted by atomic mass is 19.1. The summed E-state index contributed by atoms with van der Waals surface area (Å²) >= 11 is 0. The minimum atomic E-state index is -0.690. The lowest BCUT2D eigenvalue weighted by molar-refractivity contribution is 0.0256. The van der Waals surface area contributed by atoms with E-state index in [-0.39, 0.29) is 42.3 Å². The first kappa shape index (κ1) is 21.4. The molecule has 0 radical (unpaired) electrons. The summed E-state index contributed by atoms with van der Waals surface area (Å²) in [5, 5.41) is 18.5. The second kappa shape index (κ2) is 8.51. The highest BCUT2D eigenvalue weighted by Gasteiger charge is 2.39. The fourth-order valence-electron chi connectivity index (χ4n) is 3.91. The van der Waals surface area contributed by atoms with Crippen molar-refractivity contribution in [3.63, 3.8) is 0 Å². The highest BCUT2D eigenvalue weighted by Crippen LogP contribution is 2.32. The van der Waals surface area contributed by atoms with Gasteiger partial charge in [-0.05, 0) is 11.6 Å². The molecule has 0 saturated carbocycles. The van der Waals surface area contributed by atoms with E-state index in [1.807, 2.05) is 6.07 Å². The molecule has 1 saturated heterocycles. The first-order chi connectivity index (χ1) is 16.4. The Morgan fingerprint density at radius 2 is 2.00 bits per heavy atom. The van der Waals surface area contributed by atoms with E-state index >= 15 is 0 Å². The van der Waals surface area contributed by atoms with Gasteiger partial charge in [0.1, 0.15) is 17.9 Å². The SMILES string of the molecule is Cn1ncc(F)c1-c1cc(OC2CN(C(=O)N3N=CC[C@H]3c3cncc(C#N)c3)C2)c(F)cn1. The second-order valence-corrected chi connectivity index (χ2v) is 7.90. The number of nitriles is 1. The summed E-state index contributed by atoms with van der Waals surface area (Å²) in [6.45, 7) is 0.455. The Morgan fingerprint density at radius 3 is 2.74 bits per heavy atom. The standard InChI is InChI=1S/C22H18F2N8O2/c1-30-21(17(24)10-29-30)18-5-20(16(23)9-27-18)34-15-11-31(12-15)22(33)32-19(2-3-28-32)14-4-13(6-25)7-26-8-14/h3-5,7-10,15,19H,2,11-12H2,1H3/t19-/m0/s1. The maximum Gasteiger partial charge on any atom is 0.341 e. The van der Waals surface area contributed by atoms with Gasteiger partial charge < -0.3 is 9.64 Å². The lowest BCUT2D eigenvalue weighted by Crippen LogP contribution is -2.58. The number of rotatable bonds is 4. The number of urea groups is 1. The molecule has 172 valence electrons. The van der Waals surface area contributed by atoms with Gasteiger partial charge in [-0.1, -0.05) is 0 Å². The number of hydrogen-bond donors (Lipinski definition) is 0. The van der Waals surface area contributed by atoms with Gasteiger partial charge in [-0.3, -0.25) is 14.6 Å². The van der Waals surface area contributed by atoms with E-state index in [0.29, 0.717) is 17.5 Å². The molecule has 0 spiro atoms. The Morgan fingerprint density at radius 1 is 1.18 bits per heavy atom. The van der Waals surface area contributed by atoms with Crippen LogP contribution >= 0.6 is 0 Å². The van der Waals surface area contributed by atoms with E-state index in [2.05, 4.69) is 20.2 Å². The molecule has 0 aliphatic carbocycles. The van der Waals surface area contributed by atoms with E-state index in [4.69, 9.17) is 10.00 Å². The average molecular weight is 464 g/mol. The van der Waals surface area contributed by atoms with Crippen LogP contribution in [0.4, 0.5) is 13.6 Å². The number of nitrogens with zero attached hydrogens (tertiary/aromatic N) is 8. The third-order valence-electron chi connectivity index (χ3n) is 5.67. The van der Waals surface area contributed by atoms with Crippen LogP contribution in [-0.4, -0.2) is 61.1 Å². The first-order valence-corrected chi connectivity index (χ1v) is 10.4. The molecule has 0 N–H and O–H groups in total. The van der Waals surface area contributed by atoms with Gasteiger partial charge >= 0.3 is 6.03 Å². The molecule has 1 fully saturated rings. The molecule has 34 heavy (non-hydrogen) atoms. The van der Waals surface area contributed by atoms with Gasteiger partial charge in [0.15, 0.2) is 17.4 Å². The van der Waals surface area contributed by atoms with Crippen LogP contribution in [0.2, 0.25) is 0 Å². The van der Waals surface area contributed by atoms with Gasteiger partial charge in [-0.15, -0.1) is 0 Å². The van der Waals surface area contributed by atoms with E-state index < -0.39 is 17.7 Å². The van der Waals surface area contributed by atoms with Gasteiger partial charge in [0.2, 0.25) is 0 Å². The molecule has 3 aromatic heterocycles. The number of amides is 2. The van der Waals surface area contributed by atoms with Crippen LogP contribution in [0.5, 0.6) is 5.75 Å². The van der Waals surface area contributed by atoms with Crippen molar-refractivity contribution in [1.29, 1.82) is 5.26 Å². The van der Waals surface area contributed by atoms with Crippen LogP contribution in [0.3, 0.4) is 0 Å². The number of carbonyl (C=O) groups excluding carboxylic acids is 1. The monoisotopic (exact) mass is 464 g/mol. The zero-order valence-corrected chi connectivity index (χ0v) is 18.0. The lowest BCUT2D eigenvalue weighted by atomic mass is 10.1. The molecular weight excluding hydrogens is 446 g/mol. The van der Waals surface area contributed by atoms with Crippen LogP contribution in [0.15, 0.2) is 42.0 Å². The van der Waals surface area contributed by atoms with Crippen molar-refractivity contribution < 1.29 is 18.3 Å². The maximum atomic E-state index is 14.3. The minimum absolute atomic E-state index is 0.0841. The molecule has 0 bridgehead atoms. The Labute approximate surface area is 192 Å². The van der Waals surface area contributed by atoms with E-state index in [1.54, 1.807) is 25.5 Å². The molecule has 3 aromatic rings. The molecule has 2 aliphatic rings. The molecule has 5 rings (SSSR count).